The molecular formula is C12H15N3O. The maximum Gasteiger partial charge on any atom is 0.146 e. The second kappa shape index (κ2) is 2.90. The van der Waals surface area contributed by atoms with Gasteiger partial charge in [-0.05, 0) is 26.0 Å². The van der Waals surface area contributed by atoms with E-state index in [0.29, 0.717) is 6.61 Å². The second-order valence-corrected chi connectivity index (χ2v) is 4.94. The summed E-state index contributed by atoms with van der Waals surface area (Å²) in [6.07, 6.45) is 0. The summed E-state index contributed by atoms with van der Waals surface area (Å²) in [5.74, 6) is 1.87. The Morgan fingerprint density at radius 1 is 1.44 bits per heavy atom. The summed E-state index contributed by atoms with van der Waals surface area (Å²) in [4.78, 5) is 6.87. The van der Waals surface area contributed by atoms with Gasteiger partial charge in [0.1, 0.15) is 18.2 Å². The van der Waals surface area contributed by atoms with E-state index in [2.05, 4.69) is 23.7 Å². The molecular weight excluding hydrogens is 202 g/mol. The first-order valence-corrected chi connectivity index (χ1v) is 5.44. The van der Waals surface area contributed by atoms with E-state index in [9.17, 15) is 0 Å². The van der Waals surface area contributed by atoms with Crippen LogP contribution in [-0.4, -0.2) is 24.5 Å². The maximum absolute atomic E-state index is 5.74. The van der Waals surface area contributed by atoms with Crippen LogP contribution in [0.2, 0.25) is 0 Å². The minimum Gasteiger partial charge on any atom is -0.483 e. The number of hydrogen-bond donors (Lipinski definition) is 1. The molecule has 0 saturated carbocycles. The Labute approximate surface area is 94.7 Å². The van der Waals surface area contributed by atoms with Crippen LogP contribution in [0.4, 0.5) is 11.4 Å². The molecule has 4 heteroatoms. The van der Waals surface area contributed by atoms with Crippen molar-refractivity contribution < 1.29 is 4.74 Å². The molecule has 0 bridgehead atoms. The fraction of sp³-hybridized carbons (Fsp3) is 0.417. The highest BCUT2D eigenvalue weighted by Gasteiger charge is 2.35. The van der Waals surface area contributed by atoms with Crippen LogP contribution >= 0.6 is 0 Å². The first-order chi connectivity index (χ1) is 7.55. The fourth-order valence-electron chi connectivity index (χ4n) is 2.27. The molecule has 0 atom stereocenters. The zero-order valence-corrected chi connectivity index (χ0v) is 9.53. The van der Waals surface area contributed by atoms with E-state index < -0.39 is 0 Å². The Bertz CT molecular complexity index is 479. The molecule has 0 fully saturated rings. The third kappa shape index (κ3) is 1.33. The van der Waals surface area contributed by atoms with E-state index in [1.165, 1.54) is 0 Å². The molecule has 0 aliphatic carbocycles. The van der Waals surface area contributed by atoms with Crippen molar-refractivity contribution in [1.29, 1.82) is 0 Å². The smallest absolute Gasteiger partial charge is 0.146 e. The Morgan fingerprint density at radius 2 is 2.25 bits per heavy atom. The van der Waals surface area contributed by atoms with Gasteiger partial charge in [-0.15, -0.1) is 0 Å². The summed E-state index contributed by atoms with van der Waals surface area (Å²) in [7, 11) is 0. The second-order valence-electron chi connectivity index (χ2n) is 4.94. The van der Waals surface area contributed by atoms with Crippen LogP contribution in [0.3, 0.4) is 0 Å². The molecule has 0 saturated heterocycles. The van der Waals surface area contributed by atoms with Crippen molar-refractivity contribution in [2.75, 3.05) is 23.8 Å². The standard InChI is InChI=1S/C12H15N3O/c1-12(2)7-15-9-4-3-8(13)5-10(9)16-6-11(15)14-12/h3-5H,6-7,13H2,1-2H3. The summed E-state index contributed by atoms with van der Waals surface area (Å²) in [5, 5.41) is 0. The molecule has 0 spiro atoms. The number of fused-ring (bicyclic) bond motifs is 3. The van der Waals surface area contributed by atoms with Crippen LogP contribution < -0.4 is 15.4 Å². The lowest BCUT2D eigenvalue weighted by molar-refractivity contribution is 0.368. The van der Waals surface area contributed by atoms with Crippen molar-refractivity contribution in [3.63, 3.8) is 0 Å². The maximum atomic E-state index is 5.74. The molecule has 0 unspecified atom stereocenters. The van der Waals surface area contributed by atoms with E-state index >= 15 is 0 Å². The molecule has 0 amide bonds. The minimum absolute atomic E-state index is 0.0261. The van der Waals surface area contributed by atoms with Gasteiger partial charge < -0.3 is 15.4 Å². The van der Waals surface area contributed by atoms with Gasteiger partial charge in [-0.2, -0.15) is 0 Å². The molecule has 2 heterocycles. The number of ether oxygens (including phenoxy) is 1. The number of benzene rings is 1. The number of anilines is 2. The lowest BCUT2D eigenvalue weighted by atomic mass is 10.1. The van der Waals surface area contributed by atoms with E-state index in [0.717, 1.165) is 29.5 Å². The summed E-state index contributed by atoms with van der Waals surface area (Å²) >= 11 is 0. The van der Waals surface area contributed by atoms with Gasteiger partial charge in [-0.25, -0.2) is 0 Å². The molecule has 84 valence electrons. The van der Waals surface area contributed by atoms with Crippen LogP contribution in [-0.2, 0) is 0 Å². The molecule has 2 N–H and O–H groups in total. The lowest BCUT2D eigenvalue weighted by Gasteiger charge is -2.29. The first-order valence-electron chi connectivity index (χ1n) is 5.44. The molecule has 2 aliphatic rings. The number of amidine groups is 1. The molecule has 16 heavy (non-hydrogen) atoms. The highest BCUT2D eigenvalue weighted by atomic mass is 16.5. The quantitative estimate of drug-likeness (QED) is 0.672. The van der Waals surface area contributed by atoms with Crippen LogP contribution in [0.1, 0.15) is 13.8 Å². The van der Waals surface area contributed by atoms with Gasteiger partial charge in [0.25, 0.3) is 0 Å². The van der Waals surface area contributed by atoms with Crippen molar-refractivity contribution in [2.24, 2.45) is 4.99 Å². The van der Waals surface area contributed by atoms with Gasteiger partial charge in [-0.1, -0.05) is 0 Å². The summed E-state index contributed by atoms with van der Waals surface area (Å²) in [6.45, 7) is 5.72. The van der Waals surface area contributed by atoms with Crippen LogP contribution in [0.5, 0.6) is 5.75 Å². The molecule has 3 rings (SSSR count). The van der Waals surface area contributed by atoms with E-state index in [1.54, 1.807) is 0 Å². The third-order valence-corrected chi connectivity index (χ3v) is 2.92. The van der Waals surface area contributed by atoms with Gasteiger partial charge in [-0.3, -0.25) is 4.99 Å². The Balaban J connectivity index is 2.06. The van der Waals surface area contributed by atoms with E-state index in [1.807, 2.05) is 18.2 Å². The number of aliphatic imine (C=N–C) groups is 1. The van der Waals surface area contributed by atoms with Crippen molar-refractivity contribution in [1.82, 2.24) is 0 Å². The van der Waals surface area contributed by atoms with Gasteiger partial charge in [0.05, 0.1) is 11.2 Å². The highest BCUT2D eigenvalue weighted by Crippen LogP contribution is 2.37. The topological polar surface area (TPSA) is 50.8 Å². The molecule has 1 aromatic rings. The van der Waals surface area contributed by atoms with Crippen molar-refractivity contribution in [3.8, 4) is 5.75 Å². The Morgan fingerprint density at radius 3 is 3.06 bits per heavy atom. The van der Waals surface area contributed by atoms with Gasteiger partial charge in [0.15, 0.2) is 0 Å². The number of rotatable bonds is 0. The number of nitrogens with zero attached hydrogens (tertiary/aromatic N) is 2. The minimum atomic E-state index is -0.0261. The lowest BCUT2D eigenvalue weighted by Crippen LogP contribution is -2.38. The first kappa shape index (κ1) is 9.51. The van der Waals surface area contributed by atoms with Crippen LogP contribution in [0.15, 0.2) is 23.2 Å². The van der Waals surface area contributed by atoms with Crippen molar-refractivity contribution >= 4 is 17.2 Å². The third-order valence-electron chi connectivity index (χ3n) is 2.92. The van der Waals surface area contributed by atoms with E-state index in [4.69, 9.17) is 10.5 Å². The predicted molar refractivity (Wildman–Crippen MR) is 65.2 cm³/mol. The molecule has 4 nitrogen and oxygen atoms in total. The average Bonchev–Trinajstić information content (AvgIpc) is 2.52. The summed E-state index contributed by atoms with van der Waals surface area (Å²) in [5.41, 5.74) is 7.53. The molecule has 0 radical (unpaired) electrons. The fourth-order valence-corrected chi connectivity index (χ4v) is 2.27. The predicted octanol–water partition coefficient (Wildman–Crippen LogP) is 1.66. The SMILES string of the molecule is CC1(C)CN2C(=N1)COc1cc(N)ccc12. The molecule has 2 aliphatic heterocycles. The van der Waals surface area contributed by atoms with Gasteiger partial charge >= 0.3 is 0 Å². The van der Waals surface area contributed by atoms with Crippen molar-refractivity contribution in [3.05, 3.63) is 18.2 Å². The molecule has 0 aromatic heterocycles. The normalized spacial score (nSPS) is 20.9. The van der Waals surface area contributed by atoms with Gasteiger partial charge in [0.2, 0.25) is 0 Å². The zero-order valence-electron chi connectivity index (χ0n) is 9.53. The zero-order chi connectivity index (χ0) is 11.3. The van der Waals surface area contributed by atoms with Gasteiger partial charge in [0, 0.05) is 18.3 Å². The number of nitrogen functional groups attached to an aromatic ring is 1. The Kier molecular flexibility index (Phi) is 1.73. The van der Waals surface area contributed by atoms with E-state index in [-0.39, 0.29) is 5.54 Å². The largest absolute Gasteiger partial charge is 0.483 e. The van der Waals surface area contributed by atoms with Crippen LogP contribution in [0.25, 0.3) is 0 Å². The van der Waals surface area contributed by atoms with Crippen molar-refractivity contribution in [2.45, 2.75) is 19.4 Å². The number of hydrogen-bond acceptors (Lipinski definition) is 4. The van der Waals surface area contributed by atoms with Crippen LogP contribution in [0, 0.1) is 0 Å². The summed E-state index contributed by atoms with van der Waals surface area (Å²) < 4.78 is 5.66. The monoisotopic (exact) mass is 217 g/mol. The number of nitrogens with two attached hydrogens (primary N) is 1. The molecule has 1 aromatic carbocycles. The Hall–Kier alpha value is -1.71. The highest BCUT2D eigenvalue weighted by molar-refractivity contribution is 6.04. The summed E-state index contributed by atoms with van der Waals surface area (Å²) in [6, 6.07) is 5.77. The average molecular weight is 217 g/mol.